The van der Waals surface area contributed by atoms with Crippen molar-refractivity contribution in [2.75, 3.05) is 5.73 Å². The number of para-hydroxylation sites is 1. The van der Waals surface area contributed by atoms with Gasteiger partial charge >= 0.3 is 0 Å². The first-order chi connectivity index (χ1) is 9.93. The lowest BCUT2D eigenvalue weighted by Crippen LogP contribution is -2.34. The Morgan fingerprint density at radius 2 is 1.95 bits per heavy atom. The molecule has 1 saturated carbocycles. The fraction of sp³-hybridized carbons (Fsp3) is 0.529. The molecule has 4 heteroatoms. The fourth-order valence-electron chi connectivity index (χ4n) is 3.66. The van der Waals surface area contributed by atoms with Gasteiger partial charge in [0.15, 0.2) is 0 Å². The number of anilines is 1. The first-order valence-electron chi connectivity index (χ1n) is 7.62. The van der Waals surface area contributed by atoms with Gasteiger partial charge in [0.25, 0.3) is 0 Å². The van der Waals surface area contributed by atoms with Crippen LogP contribution in [0.2, 0.25) is 0 Å². The maximum atomic E-state index is 6.22. The van der Waals surface area contributed by atoms with E-state index >= 15 is 0 Å². The maximum Gasteiger partial charge on any atom is 0.226 e. The van der Waals surface area contributed by atoms with Gasteiger partial charge in [0, 0.05) is 0 Å². The maximum absolute atomic E-state index is 6.22. The number of rotatable bonds is 2. The predicted octanol–water partition coefficient (Wildman–Crippen LogP) is 3.81. The molecular formula is C17H23N3O. The quantitative estimate of drug-likeness (QED) is 0.911. The van der Waals surface area contributed by atoms with Crippen LogP contribution in [0.1, 0.15) is 40.0 Å². The monoisotopic (exact) mass is 285 g/mol. The normalized spacial score (nSPS) is 24.9. The van der Waals surface area contributed by atoms with Crippen molar-refractivity contribution in [1.29, 1.82) is 0 Å². The first-order valence-corrected chi connectivity index (χ1v) is 7.62. The van der Waals surface area contributed by atoms with Crippen LogP contribution in [0.3, 0.4) is 0 Å². The highest BCUT2D eigenvalue weighted by Crippen LogP contribution is 2.40. The lowest BCUT2D eigenvalue weighted by atomic mass is 9.71. The van der Waals surface area contributed by atoms with Gasteiger partial charge in [0.2, 0.25) is 11.8 Å². The Balaban J connectivity index is 1.91. The summed E-state index contributed by atoms with van der Waals surface area (Å²) in [5.74, 6) is 1.56. The molecule has 1 fully saturated rings. The highest BCUT2D eigenvalue weighted by Gasteiger charge is 2.33. The third-order valence-electron chi connectivity index (χ3n) is 4.21. The van der Waals surface area contributed by atoms with E-state index in [9.17, 15) is 0 Å². The highest BCUT2D eigenvalue weighted by atomic mass is 16.5. The molecule has 2 N–H and O–H groups in total. The number of nitrogen functional groups attached to an aromatic ring is 1. The summed E-state index contributed by atoms with van der Waals surface area (Å²) in [6.07, 6.45) is 3.57. The van der Waals surface area contributed by atoms with Crippen molar-refractivity contribution in [2.24, 2.45) is 11.3 Å². The van der Waals surface area contributed by atoms with Crippen LogP contribution in [0, 0.1) is 11.3 Å². The van der Waals surface area contributed by atoms with E-state index in [2.05, 4.69) is 30.7 Å². The molecule has 0 bridgehead atoms. The van der Waals surface area contributed by atoms with Gasteiger partial charge in [-0.2, -0.15) is 4.98 Å². The largest absolute Gasteiger partial charge is 0.474 e. The number of fused-ring (bicyclic) bond motifs is 1. The molecule has 2 unspecified atom stereocenters. The van der Waals surface area contributed by atoms with Crippen LogP contribution in [-0.2, 0) is 0 Å². The van der Waals surface area contributed by atoms with Crippen molar-refractivity contribution in [3.05, 3.63) is 24.3 Å². The van der Waals surface area contributed by atoms with Gasteiger partial charge in [-0.1, -0.05) is 32.9 Å². The summed E-state index contributed by atoms with van der Waals surface area (Å²) in [7, 11) is 0. The number of hydrogen-bond donors (Lipinski definition) is 1. The minimum Gasteiger partial charge on any atom is -0.474 e. The number of hydrogen-bond acceptors (Lipinski definition) is 4. The summed E-state index contributed by atoms with van der Waals surface area (Å²) in [6.45, 7) is 6.92. The number of aromatic nitrogens is 2. The molecular weight excluding hydrogens is 262 g/mol. The standard InChI is InChI=1S/C17H23N3O/c1-11-8-12(10-17(2,3)9-11)21-15-13-6-4-5-7-14(13)19-16(18)20-15/h4-7,11-12H,8-10H2,1-3H3,(H2,18,19,20). The Kier molecular flexibility index (Phi) is 3.47. The van der Waals surface area contributed by atoms with Crippen molar-refractivity contribution in [1.82, 2.24) is 9.97 Å². The topological polar surface area (TPSA) is 61.0 Å². The van der Waals surface area contributed by atoms with E-state index in [4.69, 9.17) is 10.5 Å². The fourth-order valence-corrected chi connectivity index (χ4v) is 3.66. The molecule has 1 aromatic heterocycles. The van der Waals surface area contributed by atoms with Crippen molar-refractivity contribution in [3.63, 3.8) is 0 Å². The van der Waals surface area contributed by atoms with Crippen molar-refractivity contribution in [3.8, 4) is 5.88 Å². The molecule has 21 heavy (non-hydrogen) atoms. The zero-order chi connectivity index (χ0) is 15.0. The lowest BCUT2D eigenvalue weighted by molar-refractivity contribution is 0.0544. The number of nitrogens with zero attached hydrogens (tertiary/aromatic N) is 2. The second kappa shape index (κ2) is 5.17. The molecule has 0 aliphatic heterocycles. The molecule has 4 nitrogen and oxygen atoms in total. The van der Waals surface area contributed by atoms with E-state index in [1.165, 1.54) is 6.42 Å². The summed E-state index contributed by atoms with van der Waals surface area (Å²) in [4.78, 5) is 8.57. The van der Waals surface area contributed by atoms with E-state index in [-0.39, 0.29) is 12.1 Å². The van der Waals surface area contributed by atoms with E-state index < -0.39 is 0 Å². The molecule has 0 amide bonds. The van der Waals surface area contributed by atoms with Crippen LogP contribution in [0.25, 0.3) is 10.9 Å². The SMILES string of the molecule is CC1CC(Oc2nc(N)nc3ccccc23)CC(C)(C)C1. The van der Waals surface area contributed by atoms with Crippen LogP contribution in [0.4, 0.5) is 5.95 Å². The average molecular weight is 285 g/mol. The summed E-state index contributed by atoms with van der Waals surface area (Å²) in [5, 5.41) is 0.933. The van der Waals surface area contributed by atoms with Crippen LogP contribution >= 0.6 is 0 Å². The van der Waals surface area contributed by atoms with E-state index in [0.717, 1.165) is 23.7 Å². The Morgan fingerprint density at radius 3 is 2.71 bits per heavy atom. The molecule has 1 heterocycles. The molecule has 0 saturated heterocycles. The van der Waals surface area contributed by atoms with Gasteiger partial charge in [-0.25, -0.2) is 4.98 Å². The molecule has 1 aliphatic rings. The van der Waals surface area contributed by atoms with E-state index in [1.54, 1.807) is 0 Å². The van der Waals surface area contributed by atoms with Gasteiger partial charge in [-0.15, -0.1) is 0 Å². The van der Waals surface area contributed by atoms with Crippen LogP contribution in [0.15, 0.2) is 24.3 Å². The minimum absolute atomic E-state index is 0.196. The molecule has 2 aromatic rings. The van der Waals surface area contributed by atoms with E-state index in [1.807, 2.05) is 24.3 Å². The third kappa shape index (κ3) is 3.09. The predicted molar refractivity (Wildman–Crippen MR) is 85.2 cm³/mol. The van der Waals surface area contributed by atoms with Gasteiger partial charge in [0.05, 0.1) is 10.9 Å². The van der Waals surface area contributed by atoms with Gasteiger partial charge in [-0.3, -0.25) is 0 Å². The highest BCUT2D eigenvalue weighted by molar-refractivity contribution is 5.84. The molecule has 1 aliphatic carbocycles. The first kappa shape index (κ1) is 14.1. The third-order valence-corrected chi connectivity index (χ3v) is 4.21. The second-order valence-electron chi connectivity index (χ2n) is 7.06. The number of nitrogens with two attached hydrogens (primary N) is 1. The molecule has 0 spiro atoms. The minimum atomic E-state index is 0.196. The van der Waals surface area contributed by atoms with Crippen molar-refractivity contribution in [2.45, 2.75) is 46.1 Å². The van der Waals surface area contributed by atoms with E-state index in [0.29, 0.717) is 17.2 Å². The molecule has 0 radical (unpaired) electrons. The van der Waals surface area contributed by atoms with Crippen LogP contribution in [-0.4, -0.2) is 16.1 Å². The molecule has 2 atom stereocenters. The summed E-state index contributed by atoms with van der Waals surface area (Å²) < 4.78 is 6.22. The summed E-state index contributed by atoms with van der Waals surface area (Å²) >= 11 is 0. The van der Waals surface area contributed by atoms with Gasteiger partial charge < -0.3 is 10.5 Å². The smallest absolute Gasteiger partial charge is 0.226 e. The molecule has 112 valence electrons. The number of ether oxygens (including phenoxy) is 1. The van der Waals surface area contributed by atoms with Crippen LogP contribution in [0.5, 0.6) is 5.88 Å². The van der Waals surface area contributed by atoms with Gasteiger partial charge in [-0.05, 0) is 42.7 Å². The Labute approximate surface area is 125 Å². The zero-order valence-electron chi connectivity index (χ0n) is 13.0. The molecule has 3 rings (SSSR count). The summed E-state index contributed by atoms with van der Waals surface area (Å²) in [5.41, 5.74) is 6.96. The van der Waals surface area contributed by atoms with Crippen molar-refractivity contribution < 1.29 is 4.74 Å². The second-order valence-corrected chi connectivity index (χ2v) is 7.06. The van der Waals surface area contributed by atoms with Crippen LogP contribution < -0.4 is 10.5 Å². The molecule has 1 aromatic carbocycles. The Bertz CT molecular complexity index is 654. The average Bonchev–Trinajstić information content (AvgIpc) is 2.35. The van der Waals surface area contributed by atoms with Gasteiger partial charge in [0.1, 0.15) is 6.10 Å². The Morgan fingerprint density at radius 1 is 1.19 bits per heavy atom. The lowest BCUT2D eigenvalue weighted by Gasteiger charge is -2.38. The summed E-state index contributed by atoms with van der Waals surface area (Å²) in [6, 6.07) is 7.85. The Hall–Kier alpha value is -1.84. The zero-order valence-corrected chi connectivity index (χ0v) is 13.0. The van der Waals surface area contributed by atoms with Crippen molar-refractivity contribution >= 4 is 16.9 Å². The number of benzene rings is 1.